The Morgan fingerprint density at radius 1 is 1.29 bits per heavy atom. The number of unbranched alkanes of at least 4 members (excludes halogenated alkanes) is 1. The summed E-state index contributed by atoms with van der Waals surface area (Å²) in [6.07, 6.45) is 5.66. The molecule has 1 N–H and O–H groups in total. The maximum Gasteiger partial charge on any atom is 0.312 e. The summed E-state index contributed by atoms with van der Waals surface area (Å²) in [5.41, 5.74) is -2.53. The molecular formula is C27H42N2O6. The molecule has 3 saturated heterocycles. The normalized spacial score (nSPS) is 33.5. The number of ether oxygens (including phenoxy) is 2. The maximum atomic E-state index is 14.2. The number of likely N-dealkylation sites (tertiary alicyclic amines) is 1. The molecule has 2 amide bonds. The third kappa shape index (κ3) is 4.44. The Morgan fingerprint density at radius 3 is 2.54 bits per heavy atom. The summed E-state index contributed by atoms with van der Waals surface area (Å²) < 4.78 is 12.3. The van der Waals surface area contributed by atoms with Crippen molar-refractivity contribution < 1.29 is 29.0 Å². The van der Waals surface area contributed by atoms with Crippen molar-refractivity contribution >= 4 is 17.8 Å². The summed E-state index contributed by atoms with van der Waals surface area (Å²) in [6, 6.07) is -0.881. The van der Waals surface area contributed by atoms with Crippen LogP contribution in [-0.2, 0) is 23.9 Å². The van der Waals surface area contributed by atoms with Crippen LogP contribution in [0, 0.1) is 17.8 Å². The Hall–Kier alpha value is -2.19. The van der Waals surface area contributed by atoms with Crippen molar-refractivity contribution in [1.82, 2.24) is 9.80 Å². The van der Waals surface area contributed by atoms with E-state index in [1.54, 1.807) is 22.0 Å². The Balaban J connectivity index is 2.05. The number of allylic oxidation sites excluding steroid dienone is 1. The van der Waals surface area contributed by atoms with Gasteiger partial charge in [0, 0.05) is 25.2 Å². The SMILES string of the molecule is C=CCCCOC(=O)[C@@H]1[C@H]2C(=O)N(CCCO)C(C(=O)N(CC=C)C(C)(C)C)C23CC(C)[C@@]1(C)O3. The van der Waals surface area contributed by atoms with Crippen LogP contribution in [0.1, 0.15) is 60.3 Å². The summed E-state index contributed by atoms with van der Waals surface area (Å²) in [6.45, 7) is 17.9. The predicted octanol–water partition coefficient (Wildman–Crippen LogP) is 2.70. The predicted molar refractivity (Wildman–Crippen MR) is 132 cm³/mol. The van der Waals surface area contributed by atoms with E-state index in [1.165, 1.54) is 0 Å². The fraction of sp³-hybridized carbons (Fsp3) is 0.741. The van der Waals surface area contributed by atoms with Crippen molar-refractivity contribution in [3.8, 4) is 0 Å². The minimum absolute atomic E-state index is 0.0483. The molecule has 0 aliphatic carbocycles. The molecule has 0 aromatic heterocycles. The summed E-state index contributed by atoms with van der Waals surface area (Å²) in [5, 5.41) is 9.50. The van der Waals surface area contributed by atoms with Gasteiger partial charge < -0.3 is 24.4 Å². The zero-order valence-electron chi connectivity index (χ0n) is 21.9. The molecular weight excluding hydrogens is 448 g/mol. The van der Waals surface area contributed by atoms with Gasteiger partial charge in [0.25, 0.3) is 0 Å². The number of hydrogen-bond donors (Lipinski definition) is 1. The van der Waals surface area contributed by atoms with Gasteiger partial charge in [-0.15, -0.1) is 13.2 Å². The van der Waals surface area contributed by atoms with Gasteiger partial charge >= 0.3 is 5.97 Å². The number of fused-ring (bicyclic) bond motifs is 1. The molecule has 8 nitrogen and oxygen atoms in total. The van der Waals surface area contributed by atoms with Crippen LogP contribution in [-0.4, -0.2) is 81.8 Å². The van der Waals surface area contributed by atoms with Gasteiger partial charge in [-0.1, -0.05) is 19.1 Å². The van der Waals surface area contributed by atoms with Crippen LogP contribution < -0.4 is 0 Å². The Morgan fingerprint density at radius 2 is 1.97 bits per heavy atom. The number of carbonyl (C=O) groups is 3. The first-order valence-electron chi connectivity index (χ1n) is 12.7. The Labute approximate surface area is 209 Å². The van der Waals surface area contributed by atoms with E-state index in [2.05, 4.69) is 13.2 Å². The number of aliphatic hydroxyl groups is 1. The molecule has 3 heterocycles. The zero-order valence-corrected chi connectivity index (χ0v) is 21.9. The fourth-order valence-corrected chi connectivity index (χ4v) is 6.32. The van der Waals surface area contributed by atoms with Gasteiger partial charge in [0.1, 0.15) is 17.6 Å². The highest BCUT2D eigenvalue weighted by Gasteiger charge is 2.80. The molecule has 2 bridgehead atoms. The molecule has 6 atom stereocenters. The molecule has 3 unspecified atom stereocenters. The van der Waals surface area contributed by atoms with E-state index in [0.717, 1.165) is 6.42 Å². The second kappa shape index (κ2) is 10.1. The molecule has 0 aromatic rings. The lowest BCUT2D eigenvalue weighted by atomic mass is 9.62. The van der Waals surface area contributed by atoms with Gasteiger partial charge in [-0.2, -0.15) is 0 Å². The van der Waals surface area contributed by atoms with E-state index in [0.29, 0.717) is 25.8 Å². The number of esters is 1. The lowest BCUT2D eigenvalue weighted by molar-refractivity contribution is -0.163. The Bertz CT molecular complexity index is 866. The van der Waals surface area contributed by atoms with E-state index in [4.69, 9.17) is 9.47 Å². The third-order valence-electron chi connectivity index (χ3n) is 8.04. The first-order valence-corrected chi connectivity index (χ1v) is 12.7. The first-order chi connectivity index (χ1) is 16.4. The van der Waals surface area contributed by atoms with E-state index >= 15 is 0 Å². The summed E-state index contributed by atoms with van der Waals surface area (Å²) in [5.74, 6) is -2.58. The van der Waals surface area contributed by atoms with Gasteiger partial charge in [-0.3, -0.25) is 14.4 Å². The standard InChI is InChI=1S/C27H42N2O6/c1-8-10-11-16-34-24(33)20-19-22(31)28(14-12-15-30)21(23(32)29(13-9-2)25(4,5)6)27(19)17-18(3)26(20,7)35-27/h8-9,18-21,30H,1-2,10-17H2,3-7H3/t18?,19-,20-,21?,26+,27?/m0/s1. The minimum atomic E-state index is -1.12. The lowest BCUT2D eigenvalue weighted by Gasteiger charge is -2.42. The molecule has 3 aliphatic heterocycles. The molecule has 35 heavy (non-hydrogen) atoms. The molecule has 8 heteroatoms. The van der Waals surface area contributed by atoms with Crippen LogP contribution in [0.4, 0.5) is 0 Å². The minimum Gasteiger partial charge on any atom is -0.465 e. The van der Waals surface area contributed by atoms with Crippen molar-refractivity contribution in [1.29, 1.82) is 0 Å². The summed E-state index contributed by atoms with van der Waals surface area (Å²) >= 11 is 0. The van der Waals surface area contributed by atoms with Gasteiger partial charge in [0.2, 0.25) is 11.8 Å². The van der Waals surface area contributed by atoms with Gasteiger partial charge in [0.05, 0.1) is 18.1 Å². The second-order valence-electron chi connectivity index (χ2n) is 11.3. The second-order valence-corrected chi connectivity index (χ2v) is 11.3. The van der Waals surface area contributed by atoms with E-state index in [9.17, 15) is 19.5 Å². The van der Waals surface area contributed by atoms with Crippen molar-refractivity contribution in [3.05, 3.63) is 25.3 Å². The highest BCUT2D eigenvalue weighted by molar-refractivity contribution is 5.98. The average molecular weight is 491 g/mol. The highest BCUT2D eigenvalue weighted by Crippen LogP contribution is 2.65. The van der Waals surface area contributed by atoms with Crippen molar-refractivity contribution in [3.63, 3.8) is 0 Å². The topological polar surface area (TPSA) is 96.4 Å². The number of aliphatic hydroxyl groups excluding tert-OH is 1. The lowest BCUT2D eigenvalue weighted by Crippen LogP contribution is -2.60. The van der Waals surface area contributed by atoms with E-state index < -0.39 is 40.6 Å². The molecule has 3 rings (SSSR count). The van der Waals surface area contributed by atoms with Gasteiger partial charge in [-0.05, 0) is 59.3 Å². The molecule has 3 aliphatic rings. The Kier molecular flexibility index (Phi) is 7.87. The van der Waals surface area contributed by atoms with Crippen LogP contribution in [0.3, 0.4) is 0 Å². The number of hydrogen-bond acceptors (Lipinski definition) is 6. The fourth-order valence-electron chi connectivity index (χ4n) is 6.32. The monoisotopic (exact) mass is 490 g/mol. The molecule has 3 fully saturated rings. The first kappa shape index (κ1) is 27.4. The quantitative estimate of drug-likeness (QED) is 0.272. The smallest absolute Gasteiger partial charge is 0.312 e. The van der Waals surface area contributed by atoms with Crippen LogP contribution >= 0.6 is 0 Å². The van der Waals surface area contributed by atoms with Crippen LogP contribution in [0.25, 0.3) is 0 Å². The van der Waals surface area contributed by atoms with Crippen LogP contribution in [0.5, 0.6) is 0 Å². The molecule has 0 aromatic carbocycles. The highest BCUT2D eigenvalue weighted by atomic mass is 16.6. The van der Waals surface area contributed by atoms with Crippen molar-refractivity contribution in [2.45, 2.75) is 83.1 Å². The summed E-state index contributed by atoms with van der Waals surface area (Å²) in [7, 11) is 0. The molecule has 196 valence electrons. The van der Waals surface area contributed by atoms with Crippen LogP contribution in [0.2, 0.25) is 0 Å². The van der Waals surface area contributed by atoms with Gasteiger partial charge in [0.15, 0.2) is 0 Å². The largest absolute Gasteiger partial charge is 0.465 e. The number of nitrogens with zero attached hydrogens (tertiary/aromatic N) is 2. The van der Waals surface area contributed by atoms with Gasteiger partial charge in [-0.25, -0.2) is 0 Å². The average Bonchev–Trinajstić information content (AvgIpc) is 3.29. The summed E-state index contributed by atoms with van der Waals surface area (Å²) in [4.78, 5) is 44.7. The number of rotatable bonds is 11. The molecule has 0 saturated carbocycles. The third-order valence-corrected chi connectivity index (χ3v) is 8.04. The van der Waals surface area contributed by atoms with E-state index in [-0.39, 0.29) is 37.5 Å². The number of carbonyl (C=O) groups excluding carboxylic acids is 3. The van der Waals surface area contributed by atoms with Crippen molar-refractivity contribution in [2.75, 3.05) is 26.3 Å². The molecule has 1 spiro atoms. The van der Waals surface area contributed by atoms with Crippen LogP contribution in [0.15, 0.2) is 25.3 Å². The maximum absolute atomic E-state index is 14.2. The number of amides is 2. The van der Waals surface area contributed by atoms with E-state index in [1.807, 2.05) is 34.6 Å². The molecule has 0 radical (unpaired) electrons. The zero-order chi connectivity index (χ0) is 26.2. The van der Waals surface area contributed by atoms with Crippen molar-refractivity contribution in [2.24, 2.45) is 17.8 Å².